The minimum absolute atomic E-state index is 0.135. The summed E-state index contributed by atoms with van der Waals surface area (Å²) in [5.41, 5.74) is 3.95. The monoisotopic (exact) mass is 378 g/mol. The van der Waals surface area contributed by atoms with Crippen LogP contribution in [0.25, 0.3) is 0 Å². The van der Waals surface area contributed by atoms with Crippen molar-refractivity contribution in [1.29, 1.82) is 0 Å². The zero-order chi connectivity index (χ0) is 19.0. The summed E-state index contributed by atoms with van der Waals surface area (Å²) in [4.78, 5) is 22.4. The Kier molecular flexibility index (Phi) is 5.09. The third-order valence-corrected chi connectivity index (χ3v) is 6.51. The molecule has 2 aromatic rings. The molecule has 0 N–H and O–H groups in total. The van der Waals surface area contributed by atoms with Crippen LogP contribution in [0.15, 0.2) is 57.2 Å². The predicted octanol–water partition coefficient (Wildman–Crippen LogP) is 5.80. The van der Waals surface area contributed by atoms with E-state index in [1.165, 1.54) is 16.9 Å². The molecule has 1 saturated heterocycles. The molecule has 4 rings (SSSR count). The van der Waals surface area contributed by atoms with Crippen LogP contribution < -0.4 is 0 Å². The van der Waals surface area contributed by atoms with Crippen LogP contribution in [0, 0.1) is 11.8 Å². The van der Waals surface area contributed by atoms with E-state index >= 15 is 0 Å². The molecule has 1 amide bonds. The smallest absolute Gasteiger partial charge is 0.253 e. The number of hydrogen-bond donors (Lipinski definition) is 0. The van der Waals surface area contributed by atoms with Crippen LogP contribution >= 0.6 is 11.8 Å². The Morgan fingerprint density at radius 2 is 1.85 bits per heavy atom. The van der Waals surface area contributed by atoms with E-state index in [-0.39, 0.29) is 5.91 Å². The van der Waals surface area contributed by atoms with Crippen LogP contribution in [0.5, 0.6) is 0 Å². The SMILES string of the molecule is CCC1=Nc2cc(C(=O)N3CC(C)CC(C)C3)ccc2Sc2ccccc21. The standard InChI is InChI=1S/C23H26N2OS/c1-4-19-18-7-5-6-8-21(18)27-22-10-9-17(12-20(22)24-19)23(26)25-13-15(2)11-16(3)14-25/h5-10,12,15-16H,4,11,13-14H2,1-3H3. The van der Waals surface area contributed by atoms with Gasteiger partial charge in [-0.25, -0.2) is 0 Å². The maximum absolute atomic E-state index is 13.1. The first-order valence-corrected chi connectivity index (χ1v) is 10.6. The lowest BCUT2D eigenvalue weighted by Gasteiger charge is -2.35. The van der Waals surface area contributed by atoms with E-state index in [0.717, 1.165) is 41.4 Å². The molecule has 0 aliphatic carbocycles. The van der Waals surface area contributed by atoms with Gasteiger partial charge in [0.1, 0.15) is 0 Å². The third kappa shape index (κ3) is 3.68. The van der Waals surface area contributed by atoms with Gasteiger partial charge < -0.3 is 4.90 Å². The Morgan fingerprint density at radius 3 is 2.59 bits per heavy atom. The van der Waals surface area contributed by atoms with Crippen molar-refractivity contribution in [1.82, 2.24) is 4.90 Å². The van der Waals surface area contributed by atoms with Crippen molar-refractivity contribution in [3.63, 3.8) is 0 Å². The number of rotatable bonds is 2. The Balaban J connectivity index is 1.69. The highest BCUT2D eigenvalue weighted by Gasteiger charge is 2.27. The van der Waals surface area contributed by atoms with Gasteiger partial charge >= 0.3 is 0 Å². The first-order chi connectivity index (χ1) is 13.0. The van der Waals surface area contributed by atoms with Crippen molar-refractivity contribution in [3.05, 3.63) is 53.6 Å². The lowest BCUT2D eigenvalue weighted by Crippen LogP contribution is -2.42. The highest BCUT2D eigenvalue weighted by atomic mass is 32.2. The Hall–Kier alpha value is -2.07. The van der Waals surface area contributed by atoms with Crippen molar-refractivity contribution in [2.24, 2.45) is 16.8 Å². The zero-order valence-electron chi connectivity index (χ0n) is 16.2. The summed E-state index contributed by atoms with van der Waals surface area (Å²) >= 11 is 1.74. The summed E-state index contributed by atoms with van der Waals surface area (Å²) in [6.07, 6.45) is 2.07. The minimum Gasteiger partial charge on any atom is -0.338 e. The third-order valence-electron chi connectivity index (χ3n) is 5.37. The maximum atomic E-state index is 13.1. The van der Waals surface area contributed by atoms with Crippen molar-refractivity contribution in [2.75, 3.05) is 13.1 Å². The van der Waals surface area contributed by atoms with Gasteiger partial charge in [-0.05, 0) is 48.9 Å². The molecule has 2 aliphatic rings. The normalized spacial score (nSPS) is 21.7. The van der Waals surface area contributed by atoms with E-state index in [4.69, 9.17) is 4.99 Å². The number of fused-ring (bicyclic) bond motifs is 2. The average molecular weight is 379 g/mol. The van der Waals surface area contributed by atoms with E-state index in [9.17, 15) is 4.79 Å². The number of likely N-dealkylation sites (tertiary alicyclic amines) is 1. The lowest BCUT2D eigenvalue weighted by molar-refractivity contribution is 0.0623. The van der Waals surface area contributed by atoms with Gasteiger partial charge in [-0.1, -0.05) is 50.7 Å². The van der Waals surface area contributed by atoms with E-state index in [0.29, 0.717) is 11.8 Å². The molecule has 0 saturated carbocycles. The molecule has 0 aromatic heterocycles. The minimum atomic E-state index is 0.135. The largest absolute Gasteiger partial charge is 0.338 e. The summed E-state index contributed by atoms with van der Waals surface area (Å²) in [6.45, 7) is 8.31. The van der Waals surface area contributed by atoms with Crippen LogP contribution in [0.4, 0.5) is 5.69 Å². The molecule has 2 unspecified atom stereocenters. The zero-order valence-corrected chi connectivity index (χ0v) is 17.1. The summed E-state index contributed by atoms with van der Waals surface area (Å²) < 4.78 is 0. The van der Waals surface area contributed by atoms with Crippen LogP contribution in [0.1, 0.15) is 49.5 Å². The van der Waals surface area contributed by atoms with Crippen molar-refractivity contribution >= 4 is 29.1 Å². The molecular formula is C23H26N2OS. The van der Waals surface area contributed by atoms with Gasteiger partial charge in [-0.2, -0.15) is 0 Å². The van der Waals surface area contributed by atoms with Gasteiger partial charge in [0, 0.05) is 39.7 Å². The molecule has 2 aliphatic heterocycles. The van der Waals surface area contributed by atoms with Crippen molar-refractivity contribution < 1.29 is 4.79 Å². The number of piperidine rings is 1. The fourth-order valence-corrected chi connectivity index (χ4v) is 5.25. The van der Waals surface area contributed by atoms with E-state index < -0.39 is 0 Å². The maximum Gasteiger partial charge on any atom is 0.253 e. The number of hydrogen-bond acceptors (Lipinski definition) is 3. The van der Waals surface area contributed by atoms with Crippen LogP contribution in [0.3, 0.4) is 0 Å². The molecular weight excluding hydrogens is 352 g/mol. The number of amides is 1. The average Bonchev–Trinajstić information content (AvgIpc) is 2.82. The fourth-order valence-electron chi connectivity index (χ4n) is 4.22. The van der Waals surface area contributed by atoms with E-state index in [1.54, 1.807) is 11.8 Å². The molecule has 0 radical (unpaired) electrons. The van der Waals surface area contributed by atoms with Gasteiger partial charge in [0.2, 0.25) is 0 Å². The summed E-state index contributed by atoms with van der Waals surface area (Å²) in [7, 11) is 0. The molecule has 4 heteroatoms. The molecule has 2 atom stereocenters. The van der Waals surface area contributed by atoms with Crippen molar-refractivity contribution in [3.8, 4) is 0 Å². The second-order valence-electron chi connectivity index (χ2n) is 7.85. The van der Waals surface area contributed by atoms with Gasteiger partial charge in [0.15, 0.2) is 0 Å². The summed E-state index contributed by atoms with van der Waals surface area (Å²) in [5.74, 6) is 1.26. The van der Waals surface area contributed by atoms with Gasteiger partial charge in [-0.15, -0.1) is 0 Å². The molecule has 140 valence electrons. The molecule has 2 heterocycles. The highest BCUT2D eigenvalue weighted by molar-refractivity contribution is 7.99. The summed E-state index contributed by atoms with van der Waals surface area (Å²) in [6, 6.07) is 14.4. The number of carbonyl (C=O) groups excluding carboxylic acids is 1. The first-order valence-electron chi connectivity index (χ1n) is 9.83. The number of aliphatic imine (C=N–C) groups is 1. The Bertz CT molecular complexity index is 895. The van der Waals surface area contributed by atoms with Crippen LogP contribution in [0.2, 0.25) is 0 Å². The molecule has 2 aromatic carbocycles. The topological polar surface area (TPSA) is 32.7 Å². The lowest BCUT2D eigenvalue weighted by atomic mass is 9.91. The quantitative estimate of drug-likeness (QED) is 0.661. The molecule has 27 heavy (non-hydrogen) atoms. The van der Waals surface area contributed by atoms with Crippen LogP contribution in [-0.4, -0.2) is 29.6 Å². The molecule has 3 nitrogen and oxygen atoms in total. The molecule has 1 fully saturated rings. The molecule has 0 spiro atoms. The van der Waals surface area contributed by atoms with Crippen LogP contribution in [-0.2, 0) is 0 Å². The second kappa shape index (κ2) is 7.51. The van der Waals surface area contributed by atoms with Crippen molar-refractivity contribution in [2.45, 2.75) is 43.4 Å². The number of benzene rings is 2. The van der Waals surface area contributed by atoms with E-state index in [2.05, 4.69) is 51.1 Å². The molecule has 0 bridgehead atoms. The van der Waals surface area contributed by atoms with Gasteiger partial charge in [0.25, 0.3) is 5.91 Å². The Labute approximate surface area is 165 Å². The second-order valence-corrected chi connectivity index (χ2v) is 8.93. The fraction of sp³-hybridized carbons (Fsp3) is 0.391. The number of nitrogens with zero attached hydrogens (tertiary/aromatic N) is 2. The predicted molar refractivity (Wildman–Crippen MR) is 112 cm³/mol. The van der Waals surface area contributed by atoms with E-state index in [1.807, 2.05) is 17.0 Å². The number of carbonyl (C=O) groups is 1. The van der Waals surface area contributed by atoms with Gasteiger partial charge in [-0.3, -0.25) is 9.79 Å². The Morgan fingerprint density at radius 1 is 1.11 bits per heavy atom. The highest BCUT2D eigenvalue weighted by Crippen LogP contribution is 2.41. The van der Waals surface area contributed by atoms with Gasteiger partial charge in [0.05, 0.1) is 5.69 Å². The first kappa shape index (κ1) is 18.3. The summed E-state index contributed by atoms with van der Waals surface area (Å²) in [5, 5.41) is 0.